The first-order chi connectivity index (χ1) is 8.06. The third kappa shape index (κ3) is 3.57. The van der Waals surface area contributed by atoms with Crippen molar-refractivity contribution in [1.82, 2.24) is 5.32 Å². The van der Waals surface area contributed by atoms with E-state index >= 15 is 0 Å². The lowest BCUT2D eigenvalue weighted by atomic mass is 10.1. The van der Waals surface area contributed by atoms with Gasteiger partial charge in [-0.25, -0.2) is 0 Å². The summed E-state index contributed by atoms with van der Waals surface area (Å²) in [6, 6.07) is 6.68. The lowest BCUT2D eigenvalue weighted by Gasteiger charge is -2.13. The van der Waals surface area contributed by atoms with E-state index in [2.05, 4.69) is 10.6 Å². The molecule has 5 heteroatoms. The van der Waals surface area contributed by atoms with Crippen molar-refractivity contribution in [3.63, 3.8) is 0 Å². The van der Waals surface area contributed by atoms with Crippen LogP contribution in [0.15, 0.2) is 24.3 Å². The molecule has 1 aromatic carbocycles. The number of benzene rings is 1. The summed E-state index contributed by atoms with van der Waals surface area (Å²) in [5.74, 6) is -0.879. The average molecular weight is 235 g/mol. The van der Waals surface area contributed by atoms with Crippen LogP contribution in [-0.4, -0.2) is 25.4 Å². The van der Waals surface area contributed by atoms with E-state index in [4.69, 9.17) is 5.73 Å². The molecule has 0 bridgehead atoms. The molecule has 0 aromatic heterocycles. The highest BCUT2D eigenvalue weighted by atomic mass is 16.2. The topological polar surface area (TPSA) is 84.2 Å². The number of hydrogen-bond donors (Lipinski definition) is 3. The lowest BCUT2D eigenvalue weighted by Crippen LogP contribution is -2.29. The molecule has 4 N–H and O–H groups in total. The normalized spacial score (nSPS) is 11.9. The van der Waals surface area contributed by atoms with Gasteiger partial charge in [-0.15, -0.1) is 0 Å². The van der Waals surface area contributed by atoms with Gasteiger partial charge in [0.15, 0.2) is 0 Å². The first kappa shape index (κ1) is 13.2. The summed E-state index contributed by atoms with van der Waals surface area (Å²) in [4.78, 5) is 22.9. The summed E-state index contributed by atoms with van der Waals surface area (Å²) < 4.78 is 0. The Morgan fingerprint density at radius 1 is 1.35 bits per heavy atom. The minimum Gasteiger partial charge on any atom is -0.366 e. The van der Waals surface area contributed by atoms with Crippen molar-refractivity contribution in [2.45, 2.75) is 6.92 Å². The molecule has 0 heterocycles. The summed E-state index contributed by atoms with van der Waals surface area (Å²) in [7, 11) is 1.78. The number of primary amides is 1. The van der Waals surface area contributed by atoms with Gasteiger partial charge >= 0.3 is 0 Å². The third-order valence-corrected chi connectivity index (χ3v) is 2.41. The first-order valence-electron chi connectivity index (χ1n) is 5.40. The summed E-state index contributed by atoms with van der Waals surface area (Å²) in [5, 5.41) is 5.62. The molecule has 17 heavy (non-hydrogen) atoms. The third-order valence-electron chi connectivity index (χ3n) is 2.41. The fraction of sp³-hybridized carbons (Fsp3) is 0.333. The summed E-state index contributed by atoms with van der Waals surface area (Å²) in [5.41, 5.74) is 5.99. The summed E-state index contributed by atoms with van der Waals surface area (Å²) >= 11 is 0. The van der Waals surface area contributed by atoms with E-state index in [1.165, 1.54) is 0 Å². The van der Waals surface area contributed by atoms with Crippen LogP contribution in [0.4, 0.5) is 5.69 Å². The SMILES string of the molecule is CNCC(C)C(=O)Nc1ccccc1C(N)=O. The minimum absolute atomic E-state index is 0.145. The number of carbonyl (C=O) groups excluding carboxylic acids is 2. The number of nitrogens with one attached hydrogen (secondary N) is 2. The fourth-order valence-electron chi connectivity index (χ4n) is 1.46. The Labute approximate surface area is 100 Å². The van der Waals surface area contributed by atoms with E-state index in [0.717, 1.165) is 0 Å². The van der Waals surface area contributed by atoms with E-state index in [1.54, 1.807) is 38.2 Å². The molecule has 0 aliphatic heterocycles. The molecule has 1 aromatic rings. The molecule has 1 unspecified atom stereocenters. The molecule has 0 saturated carbocycles. The molecule has 1 atom stereocenters. The number of anilines is 1. The maximum absolute atomic E-state index is 11.8. The van der Waals surface area contributed by atoms with Gasteiger partial charge < -0.3 is 16.4 Å². The Hall–Kier alpha value is -1.88. The van der Waals surface area contributed by atoms with Crippen LogP contribution in [0.3, 0.4) is 0 Å². The Bertz CT molecular complexity index is 418. The van der Waals surface area contributed by atoms with Crippen LogP contribution in [0, 0.1) is 5.92 Å². The van der Waals surface area contributed by atoms with Crippen LogP contribution >= 0.6 is 0 Å². The molecule has 0 spiro atoms. The van der Waals surface area contributed by atoms with Gasteiger partial charge in [0.05, 0.1) is 11.3 Å². The van der Waals surface area contributed by atoms with Gasteiger partial charge in [-0.2, -0.15) is 0 Å². The van der Waals surface area contributed by atoms with Gasteiger partial charge in [0.25, 0.3) is 5.91 Å². The van der Waals surface area contributed by atoms with Crippen LogP contribution < -0.4 is 16.4 Å². The molecule has 0 fully saturated rings. The summed E-state index contributed by atoms with van der Waals surface area (Å²) in [6.07, 6.45) is 0. The molecule has 1 rings (SSSR count). The second-order valence-electron chi connectivity index (χ2n) is 3.86. The molecule has 92 valence electrons. The standard InChI is InChI=1S/C12H17N3O2/c1-8(7-14-2)12(17)15-10-6-4-3-5-9(10)11(13)16/h3-6,8,14H,7H2,1-2H3,(H2,13,16)(H,15,17). The van der Waals surface area contributed by atoms with Gasteiger partial charge in [-0.3, -0.25) is 9.59 Å². The second kappa shape index (κ2) is 6.00. The van der Waals surface area contributed by atoms with Crippen molar-refractivity contribution >= 4 is 17.5 Å². The zero-order valence-electron chi connectivity index (χ0n) is 9.99. The van der Waals surface area contributed by atoms with Gasteiger partial charge in [0, 0.05) is 12.5 Å². The number of para-hydroxylation sites is 1. The molecule has 0 aliphatic rings. The Balaban J connectivity index is 2.81. The van der Waals surface area contributed by atoms with Crippen molar-refractivity contribution in [2.24, 2.45) is 11.7 Å². The predicted molar refractivity (Wildman–Crippen MR) is 66.7 cm³/mol. The van der Waals surface area contributed by atoms with E-state index in [1.807, 2.05) is 0 Å². The zero-order chi connectivity index (χ0) is 12.8. The maximum Gasteiger partial charge on any atom is 0.250 e. The quantitative estimate of drug-likeness (QED) is 0.698. The lowest BCUT2D eigenvalue weighted by molar-refractivity contribution is -0.119. The molecule has 5 nitrogen and oxygen atoms in total. The predicted octanol–water partition coefficient (Wildman–Crippen LogP) is 0.579. The number of rotatable bonds is 5. The van der Waals surface area contributed by atoms with Gasteiger partial charge in [0.2, 0.25) is 5.91 Å². The minimum atomic E-state index is -0.554. The number of carbonyl (C=O) groups is 2. The van der Waals surface area contributed by atoms with Crippen molar-refractivity contribution in [3.05, 3.63) is 29.8 Å². The van der Waals surface area contributed by atoms with Crippen LogP contribution in [0.2, 0.25) is 0 Å². The largest absolute Gasteiger partial charge is 0.366 e. The second-order valence-corrected chi connectivity index (χ2v) is 3.86. The molecule has 2 amide bonds. The molecule has 0 aliphatic carbocycles. The van der Waals surface area contributed by atoms with E-state index in [-0.39, 0.29) is 11.8 Å². The van der Waals surface area contributed by atoms with Gasteiger partial charge in [0.1, 0.15) is 0 Å². The average Bonchev–Trinajstić information content (AvgIpc) is 2.29. The van der Waals surface area contributed by atoms with Gasteiger partial charge in [-0.05, 0) is 19.2 Å². The molecule has 0 saturated heterocycles. The summed E-state index contributed by atoms with van der Waals surface area (Å²) in [6.45, 7) is 2.38. The van der Waals surface area contributed by atoms with Crippen molar-refractivity contribution in [3.8, 4) is 0 Å². The Morgan fingerprint density at radius 2 is 2.00 bits per heavy atom. The monoisotopic (exact) mass is 235 g/mol. The van der Waals surface area contributed by atoms with E-state index in [9.17, 15) is 9.59 Å². The zero-order valence-corrected chi connectivity index (χ0v) is 9.99. The number of nitrogens with two attached hydrogens (primary N) is 1. The van der Waals surface area contributed by atoms with Crippen molar-refractivity contribution in [2.75, 3.05) is 18.9 Å². The number of amides is 2. The highest BCUT2D eigenvalue weighted by Crippen LogP contribution is 2.15. The first-order valence-corrected chi connectivity index (χ1v) is 5.40. The molecular formula is C12H17N3O2. The van der Waals surface area contributed by atoms with E-state index < -0.39 is 5.91 Å². The number of hydrogen-bond acceptors (Lipinski definition) is 3. The van der Waals surface area contributed by atoms with Crippen LogP contribution in [0.1, 0.15) is 17.3 Å². The van der Waals surface area contributed by atoms with Crippen LogP contribution in [0.25, 0.3) is 0 Å². The van der Waals surface area contributed by atoms with Crippen LogP contribution in [0.5, 0.6) is 0 Å². The van der Waals surface area contributed by atoms with Crippen molar-refractivity contribution < 1.29 is 9.59 Å². The van der Waals surface area contributed by atoms with Crippen molar-refractivity contribution in [1.29, 1.82) is 0 Å². The highest BCUT2D eigenvalue weighted by molar-refractivity contribution is 6.03. The smallest absolute Gasteiger partial charge is 0.250 e. The molecule has 0 radical (unpaired) electrons. The Morgan fingerprint density at radius 3 is 2.59 bits per heavy atom. The van der Waals surface area contributed by atoms with E-state index in [0.29, 0.717) is 17.8 Å². The fourth-order valence-corrected chi connectivity index (χ4v) is 1.46. The van der Waals surface area contributed by atoms with Gasteiger partial charge in [-0.1, -0.05) is 19.1 Å². The molecular weight excluding hydrogens is 218 g/mol. The maximum atomic E-state index is 11.8. The van der Waals surface area contributed by atoms with Crippen LogP contribution in [-0.2, 0) is 4.79 Å². The highest BCUT2D eigenvalue weighted by Gasteiger charge is 2.14. The Kier molecular flexibility index (Phi) is 4.66.